The van der Waals surface area contributed by atoms with Crippen molar-refractivity contribution < 1.29 is 4.39 Å². The maximum absolute atomic E-state index is 13.1. The predicted molar refractivity (Wildman–Crippen MR) is 63.5 cm³/mol. The average Bonchev–Trinajstić information content (AvgIpc) is 2.76. The van der Waals surface area contributed by atoms with Gasteiger partial charge in [0, 0.05) is 24.2 Å². The van der Waals surface area contributed by atoms with Crippen molar-refractivity contribution in [3.8, 4) is 0 Å². The standard InChI is InChI=1S/C11H12FN3S/c12-10-3-8(1-2-11(10)13)4-14-5-9-6-15-7-16-9/h1-3,6-7,14H,4-5,13H2. The highest BCUT2D eigenvalue weighted by Gasteiger charge is 2.00. The van der Waals surface area contributed by atoms with Gasteiger partial charge in [-0.3, -0.25) is 4.98 Å². The van der Waals surface area contributed by atoms with Crippen molar-refractivity contribution in [1.29, 1.82) is 0 Å². The van der Waals surface area contributed by atoms with Crippen molar-refractivity contribution >= 4 is 17.0 Å². The lowest BCUT2D eigenvalue weighted by Gasteiger charge is -2.04. The molecule has 0 unspecified atom stereocenters. The first kappa shape index (κ1) is 11.0. The largest absolute Gasteiger partial charge is 0.396 e. The Kier molecular flexibility index (Phi) is 3.48. The van der Waals surface area contributed by atoms with E-state index in [-0.39, 0.29) is 11.5 Å². The van der Waals surface area contributed by atoms with Gasteiger partial charge in [-0.05, 0) is 17.7 Å². The third-order valence-corrected chi connectivity index (χ3v) is 2.96. The van der Waals surface area contributed by atoms with E-state index in [2.05, 4.69) is 10.3 Å². The van der Waals surface area contributed by atoms with Gasteiger partial charge in [0.1, 0.15) is 5.82 Å². The minimum atomic E-state index is -0.364. The Morgan fingerprint density at radius 2 is 2.25 bits per heavy atom. The summed E-state index contributed by atoms with van der Waals surface area (Å²) >= 11 is 1.60. The number of benzene rings is 1. The van der Waals surface area contributed by atoms with E-state index >= 15 is 0 Å². The number of nitrogen functional groups attached to an aromatic ring is 1. The second kappa shape index (κ2) is 5.05. The molecular formula is C11H12FN3S. The minimum absolute atomic E-state index is 0.186. The molecule has 0 fully saturated rings. The van der Waals surface area contributed by atoms with Gasteiger partial charge in [0.25, 0.3) is 0 Å². The lowest BCUT2D eigenvalue weighted by molar-refractivity contribution is 0.625. The number of nitrogens with zero attached hydrogens (tertiary/aromatic N) is 1. The first-order valence-electron chi connectivity index (χ1n) is 4.87. The molecule has 0 aliphatic carbocycles. The molecule has 2 rings (SSSR count). The second-order valence-electron chi connectivity index (χ2n) is 3.43. The molecule has 0 radical (unpaired) electrons. The van der Waals surface area contributed by atoms with Crippen molar-refractivity contribution in [2.45, 2.75) is 13.1 Å². The fourth-order valence-corrected chi connectivity index (χ4v) is 1.90. The van der Waals surface area contributed by atoms with Crippen LogP contribution in [0.4, 0.5) is 10.1 Å². The summed E-state index contributed by atoms with van der Waals surface area (Å²) in [4.78, 5) is 5.14. The maximum Gasteiger partial charge on any atom is 0.146 e. The number of anilines is 1. The third-order valence-electron chi connectivity index (χ3n) is 2.18. The Hall–Kier alpha value is -1.46. The van der Waals surface area contributed by atoms with Crippen LogP contribution in [0.1, 0.15) is 10.4 Å². The van der Waals surface area contributed by atoms with E-state index in [9.17, 15) is 4.39 Å². The van der Waals surface area contributed by atoms with Crippen LogP contribution in [-0.4, -0.2) is 4.98 Å². The molecule has 1 heterocycles. The zero-order valence-electron chi connectivity index (χ0n) is 8.61. The molecule has 0 atom stereocenters. The van der Waals surface area contributed by atoms with E-state index in [1.165, 1.54) is 6.07 Å². The molecule has 5 heteroatoms. The Morgan fingerprint density at radius 3 is 2.94 bits per heavy atom. The molecule has 0 amide bonds. The van der Waals surface area contributed by atoms with Crippen LogP contribution in [0.5, 0.6) is 0 Å². The summed E-state index contributed by atoms with van der Waals surface area (Å²) in [6, 6.07) is 4.85. The van der Waals surface area contributed by atoms with Gasteiger partial charge >= 0.3 is 0 Å². The van der Waals surface area contributed by atoms with Crippen LogP contribution in [0.2, 0.25) is 0 Å². The normalized spacial score (nSPS) is 10.6. The average molecular weight is 237 g/mol. The molecule has 0 bridgehead atoms. The van der Waals surface area contributed by atoms with Gasteiger partial charge in [-0.15, -0.1) is 11.3 Å². The molecular weight excluding hydrogens is 225 g/mol. The highest BCUT2D eigenvalue weighted by molar-refractivity contribution is 7.09. The maximum atomic E-state index is 13.1. The summed E-state index contributed by atoms with van der Waals surface area (Å²) in [6.45, 7) is 1.37. The molecule has 3 nitrogen and oxygen atoms in total. The summed E-state index contributed by atoms with van der Waals surface area (Å²) in [6.07, 6.45) is 1.82. The molecule has 0 aliphatic rings. The monoisotopic (exact) mass is 237 g/mol. The van der Waals surface area contributed by atoms with Gasteiger partial charge in [0.15, 0.2) is 0 Å². The smallest absolute Gasteiger partial charge is 0.146 e. The second-order valence-corrected chi connectivity index (χ2v) is 4.40. The molecule has 84 valence electrons. The van der Waals surface area contributed by atoms with E-state index in [0.29, 0.717) is 6.54 Å². The van der Waals surface area contributed by atoms with Gasteiger partial charge in [0.2, 0.25) is 0 Å². The summed E-state index contributed by atoms with van der Waals surface area (Å²) in [5.41, 5.74) is 8.26. The van der Waals surface area contributed by atoms with Gasteiger partial charge in [-0.25, -0.2) is 4.39 Å². The van der Waals surface area contributed by atoms with Crippen molar-refractivity contribution in [2.75, 3.05) is 5.73 Å². The Labute approximate surface area is 97.1 Å². The number of thiazole rings is 1. The molecule has 0 saturated carbocycles. The molecule has 2 aromatic rings. The highest BCUT2D eigenvalue weighted by atomic mass is 32.1. The summed E-state index contributed by atoms with van der Waals surface area (Å²) < 4.78 is 13.1. The number of rotatable bonds is 4. The predicted octanol–water partition coefficient (Wildman–Crippen LogP) is 2.15. The Balaban J connectivity index is 1.87. The number of hydrogen-bond acceptors (Lipinski definition) is 4. The van der Waals surface area contributed by atoms with Crippen molar-refractivity contribution in [3.63, 3.8) is 0 Å². The highest BCUT2D eigenvalue weighted by Crippen LogP contribution is 2.12. The number of hydrogen-bond donors (Lipinski definition) is 2. The summed E-state index contributed by atoms with van der Waals surface area (Å²) in [5, 5.41) is 3.21. The molecule has 1 aromatic heterocycles. The fraction of sp³-hybridized carbons (Fsp3) is 0.182. The van der Waals surface area contributed by atoms with Crippen molar-refractivity contribution in [3.05, 3.63) is 46.2 Å². The van der Waals surface area contributed by atoms with E-state index in [1.807, 2.05) is 12.3 Å². The van der Waals surface area contributed by atoms with Crippen LogP contribution in [0, 0.1) is 5.82 Å². The molecule has 0 saturated heterocycles. The van der Waals surface area contributed by atoms with Crippen LogP contribution in [-0.2, 0) is 13.1 Å². The Morgan fingerprint density at radius 1 is 1.38 bits per heavy atom. The van der Waals surface area contributed by atoms with E-state index in [1.54, 1.807) is 22.9 Å². The van der Waals surface area contributed by atoms with Crippen LogP contribution in [0.3, 0.4) is 0 Å². The number of aromatic nitrogens is 1. The van der Waals surface area contributed by atoms with Gasteiger partial charge in [0.05, 0.1) is 11.2 Å². The van der Waals surface area contributed by atoms with E-state index in [4.69, 9.17) is 5.73 Å². The molecule has 3 N–H and O–H groups in total. The van der Waals surface area contributed by atoms with Crippen LogP contribution in [0.15, 0.2) is 29.9 Å². The van der Waals surface area contributed by atoms with Crippen LogP contribution < -0.4 is 11.1 Å². The number of halogens is 1. The van der Waals surface area contributed by atoms with Crippen molar-refractivity contribution in [2.24, 2.45) is 0 Å². The zero-order chi connectivity index (χ0) is 11.4. The van der Waals surface area contributed by atoms with Gasteiger partial charge in [-0.1, -0.05) is 6.07 Å². The molecule has 0 spiro atoms. The SMILES string of the molecule is Nc1ccc(CNCc2cncs2)cc1F. The van der Waals surface area contributed by atoms with Gasteiger partial charge < -0.3 is 11.1 Å². The molecule has 0 aliphatic heterocycles. The summed E-state index contributed by atoms with van der Waals surface area (Å²) in [7, 11) is 0. The topological polar surface area (TPSA) is 50.9 Å². The minimum Gasteiger partial charge on any atom is -0.396 e. The number of nitrogens with one attached hydrogen (secondary N) is 1. The fourth-order valence-electron chi connectivity index (χ4n) is 1.34. The Bertz CT molecular complexity index is 456. The molecule has 16 heavy (non-hydrogen) atoms. The lowest BCUT2D eigenvalue weighted by atomic mass is 10.2. The van der Waals surface area contributed by atoms with Gasteiger partial charge in [-0.2, -0.15) is 0 Å². The number of nitrogens with two attached hydrogens (primary N) is 1. The zero-order valence-corrected chi connectivity index (χ0v) is 9.43. The van der Waals surface area contributed by atoms with E-state index in [0.717, 1.165) is 17.0 Å². The third kappa shape index (κ3) is 2.77. The van der Waals surface area contributed by atoms with E-state index < -0.39 is 0 Å². The quantitative estimate of drug-likeness (QED) is 0.801. The first-order chi connectivity index (χ1) is 7.75. The van der Waals surface area contributed by atoms with Crippen LogP contribution in [0.25, 0.3) is 0 Å². The van der Waals surface area contributed by atoms with Crippen molar-refractivity contribution in [1.82, 2.24) is 10.3 Å². The summed E-state index contributed by atoms with van der Waals surface area (Å²) in [5.74, 6) is -0.364. The lowest BCUT2D eigenvalue weighted by Crippen LogP contribution is -2.12. The first-order valence-corrected chi connectivity index (χ1v) is 5.75. The molecule has 1 aromatic carbocycles. The van der Waals surface area contributed by atoms with Crippen LogP contribution >= 0.6 is 11.3 Å².